The number of benzene rings is 2. The van der Waals surface area contributed by atoms with Crippen LogP contribution in [-0.2, 0) is 22.6 Å². The molecule has 8 heteroatoms. The molecule has 3 aromatic rings. The van der Waals surface area contributed by atoms with Crippen molar-refractivity contribution in [3.63, 3.8) is 0 Å². The summed E-state index contributed by atoms with van der Waals surface area (Å²) >= 11 is 3.40. The number of aromatic nitrogens is 1. The molecule has 0 unspecified atom stereocenters. The van der Waals surface area contributed by atoms with Crippen molar-refractivity contribution in [1.29, 1.82) is 0 Å². The number of hydrogen-bond acceptors (Lipinski definition) is 6. The van der Waals surface area contributed by atoms with Crippen molar-refractivity contribution in [2.24, 2.45) is 5.73 Å². The van der Waals surface area contributed by atoms with Gasteiger partial charge in [-0.1, -0.05) is 46.3 Å². The van der Waals surface area contributed by atoms with Gasteiger partial charge in [0.2, 0.25) is 5.91 Å². The molecular formula is C22H20BrN3O4. The summed E-state index contributed by atoms with van der Waals surface area (Å²) in [7, 11) is 0. The lowest BCUT2D eigenvalue weighted by Gasteiger charge is -2.12. The molecule has 1 atom stereocenters. The molecule has 3 N–H and O–H groups in total. The number of nitrogens with two attached hydrogens (primary N) is 1. The van der Waals surface area contributed by atoms with Crippen LogP contribution in [-0.4, -0.2) is 23.1 Å². The zero-order valence-corrected chi connectivity index (χ0v) is 17.5. The van der Waals surface area contributed by atoms with E-state index >= 15 is 0 Å². The van der Waals surface area contributed by atoms with E-state index in [2.05, 4.69) is 26.2 Å². The molecule has 0 saturated carbocycles. The van der Waals surface area contributed by atoms with E-state index < -0.39 is 12.2 Å². The van der Waals surface area contributed by atoms with E-state index in [0.717, 1.165) is 15.6 Å². The minimum absolute atomic E-state index is 0.0970. The number of rotatable bonds is 7. The number of amides is 1. The van der Waals surface area contributed by atoms with Gasteiger partial charge in [0.05, 0.1) is 6.04 Å². The summed E-state index contributed by atoms with van der Waals surface area (Å²) in [6.07, 6.45) is 2.71. The maximum Gasteiger partial charge on any atom is 0.514 e. The van der Waals surface area contributed by atoms with Crippen molar-refractivity contribution < 1.29 is 19.1 Å². The molecule has 0 fully saturated rings. The molecule has 30 heavy (non-hydrogen) atoms. The first-order valence-corrected chi connectivity index (χ1v) is 9.94. The molecule has 0 radical (unpaired) electrons. The molecule has 1 amide bonds. The first kappa shape index (κ1) is 21.5. The van der Waals surface area contributed by atoms with E-state index in [-0.39, 0.29) is 12.5 Å². The minimum atomic E-state index is -0.799. The number of carbonyl (C=O) groups is 2. The average molecular weight is 470 g/mol. The Morgan fingerprint density at radius 2 is 1.73 bits per heavy atom. The molecule has 3 rings (SSSR count). The molecule has 7 nitrogen and oxygen atoms in total. The van der Waals surface area contributed by atoms with Gasteiger partial charge in [0.15, 0.2) is 0 Å². The van der Waals surface area contributed by atoms with Gasteiger partial charge >= 0.3 is 6.16 Å². The number of nitrogens with zero attached hydrogens (tertiary/aromatic N) is 1. The third-order valence-electron chi connectivity index (χ3n) is 4.17. The Kier molecular flexibility index (Phi) is 7.53. The first-order valence-electron chi connectivity index (χ1n) is 9.14. The topological polar surface area (TPSA) is 104 Å². The molecule has 2 aromatic carbocycles. The van der Waals surface area contributed by atoms with Gasteiger partial charge in [-0.2, -0.15) is 0 Å². The molecule has 0 aliphatic rings. The second kappa shape index (κ2) is 10.5. The largest absolute Gasteiger partial charge is 0.514 e. The summed E-state index contributed by atoms with van der Waals surface area (Å²) in [5.74, 6) is 0.0443. The van der Waals surface area contributed by atoms with E-state index in [0.29, 0.717) is 17.9 Å². The highest BCUT2D eigenvalue weighted by Gasteiger charge is 2.15. The fraction of sp³-hybridized carbons (Fsp3) is 0.136. The number of carbonyl (C=O) groups excluding carboxylic acids is 2. The number of halogens is 1. The van der Waals surface area contributed by atoms with Crippen LogP contribution in [0.25, 0.3) is 0 Å². The van der Waals surface area contributed by atoms with Crippen LogP contribution in [0, 0.1) is 0 Å². The van der Waals surface area contributed by atoms with Gasteiger partial charge in [0, 0.05) is 28.1 Å². The van der Waals surface area contributed by atoms with Crippen molar-refractivity contribution in [3.8, 4) is 5.75 Å². The Morgan fingerprint density at radius 1 is 1.03 bits per heavy atom. The predicted molar refractivity (Wildman–Crippen MR) is 116 cm³/mol. The average Bonchev–Trinajstić information content (AvgIpc) is 2.75. The summed E-state index contributed by atoms with van der Waals surface area (Å²) in [6.45, 7) is 0.0970. The summed E-state index contributed by atoms with van der Waals surface area (Å²) in [4.78, 5) is 28.0. The van der Waals surface area contributed by atoms with E-state index in [1.165, 1.54) is 0 Å². The first-order chi connectivity index (χ1) is 14.5. The Hall–Kier alpha value is -3.23. The van der Waals surface area contributed by atoms with Gasteiger partial charge in [-0.3, -0.25) is 9.78 Å². The highest BCUT2D eigenvalue weighted by molar-refractivity contribution is 9.10. The zero-order chi connectivity index (χ0) is 21.3. The number of anilines is 1. The van der Waals surface area contributed by atoms with Crippen LogP contribution in [0.5, 0.6) is 5.75 Å². The molecule has 0 saturated heterocycles. The van der Waals surface area contributed by atoms with Crippen LogP contribution in [0.4, 0.5) is 10.5 Å². The zero-order valence-electron chi connectivity index (χ0n) is 16.0. The minimum Gasteiger partial charge on any atom is -0.429 e. The van der Waals surface area contributed by atoms with Gasteiger partial charge in [0.1, 0.15) is 12.4 Å². The Morgan fingerprint density at radius 3 is 2.43 bits per heavy atom. The molecule has 1 heterocycles. The van der Waals surface area contributed by atoms with E-state index in [1.807, 2.05) is 24.3 Å². The van der Waals surface area contributed by atoms with Gasteiger partial charge in [-0.15, -0.1) is 0 Å². The molecule has 0 bridgehead atoms. The smallest absolute Gasteiger partial charge is 0.429 e. The quantitative estimate of drug-likeness (QED) is 0.399. The molecular weight excluding hydrogens is 450 g/mol. The number of ether oxygens (including phenoxy) is 2. The van der Waals surface area contributed by atoms with Crippen LogP contribution in [0.2, 0.25) is 0 Å². The number of nitrogens with one attached hydrogen (secondary N) is 1. The lowest BCUT2D eigenvalue weighted by atomic mass is 10.1. The van der Waals surface area contributed by atoms with E-state index in [9.17, 15) is 9.59 Å². The van der Waals surface area contributed by atoms with Gasteiger partial charge in [-0.25, -0.2) is 4.79 Å². The van der Waals surface area contributed by atoms with Gasteiger partial charge in [0.25, 0.3) is 0 Å². The number of hydrogen-bond donors (Lipinski definition) is 2. The lowest BCUT2D eigenvalue weighted by Crippen LogP contribution is -2.37. The third kappa shape index (κ3) is 6.40. The predicted octanol–water partition coefficient (Wildman–Crippen LogP) is 4.07. The van der Waals surface area contributed by atoms with Crippen LogP contribution < -0.4 is 15.8 Å². The number of pyridine rings is 1. The monoisotopic (exact) mass is 469 g/mol. The Labute approximate surface area is 182 Å². The molecule has 154 valence electrons. The van der Waals surface area contributed by atoms with Crippen LogP contribution in [0.3, 0.4) is 0 Å². The summed E-state index contributed by atoms with van der Waals surface area (Å²) in [6, 6.07) is 16.8. The summed E-state index contributed by atoms with van der Waals surface area (Å²) in [5, 5.41) is 2.74. The molecule has 1 aromatic heterocycles. The molecule has 0 aliphatic heterocycles. The Bertz CT molecular complexity index is 997. The molecule has 0 aliphatic carbocycles. The van der Waals surface area contributed by atoms with Crippen molar-refractivity contribution in [1.82, 2.24) is 4.98 Å². The van der Waals surface area contributed by atoms with Crippen molar-refractivity contribution in [2.45, 2.75) is 19.1 Å². The highest BCUT2D eigenvalue weighted by atomic mass is 79.9. The standard InChI is InChI=1S/C22H20BrN3O4/c23-19-4-2-1-3-16(19)14-29-22(28)30-18-7-5-15(6-8-18)13-20(24)21(27)26-17-9-11-25-12-10-17/h1-12,20H,13-14,24H2,(H,25,26,27)/t20-/m0/s1. The van der Waals surface area contributed by atoms with E-state index in [1.54, 1.807) is 48.8 Å². The van der Waals surface area contributed by atoms with Crippen molar-refractivity contribution >= 4 is 33.7 Å². The van der Waals surface area contributed by atoms with Gasteiger partial charge in [-0.05, 0) is 42.3 Å². The third-order valence-corrected chi connectivity index (χ3v) is 4.94. The SMILES string of the molecule is N[C@@H](Cc1ccc(OC(=O)OCc2ccccc2Br)cc1)C(=O)Nc1ccncc1. The second-order valence-corrected chi connectivity index (χ2v) is 7.27. The van der Waals surface area contributed by atoms with Crippen molar-refractivity contribution in [2.75, 3.05) is 5.32 Å². The highest BCUT2D eigenvalue weighted by Crippen LogP contribution is 2.18. The fourth-order valence-corrected chi connectivity index (χ4v) is 2.99. The summed E-state index contributed by atoms with van der Waals surface area (Å²) in [5.41, 5.74) is 8.29. The second-order valence-electron chi connectivity index (χ2n) is 6.41. The maximum absolute atomic E-state index is 12.2. The molecule has 0 spiro atoms. The van der Waals surface area contributed by atoms with E-state index in [4.69, 9.17) is 15.2 Å². The Balaban J connectivity index is 1.47. The van der Waals surface area contributed by atoms with Crippen LogP contribution in [0.15, 0.2) is 77.5 Å². The van der Waals surface area contributed by atoms with Crippen LogP contribution >= 0.6 is 15.9 Å². The lowest BCUT2D eigenvalue weighted by molar-refractivity contribution is -0.117. The van der Waals surface area contributed by atoms with Gasteiger partial charge < -0.3 is 20.5 Å². The maximum atomic E-state index is 12.2. The summed E-state index contributed by atoms with van der Waals surface area (Å²) < 4.78 is 11.1. The van der Waals surface area contributed by atoms with Crippen molar-refractivity contribution in [3.05, 3.63) is 88.7 Å². The van der Waals surface area contributed by atoms with Crippen LogP contribution in [0.1, 0.15) is 11.1 Å². The normalized spacial score (nSPS) is 11.4. The fourth-order valence-electron chi connectivity index (χ4n) is 2.59.